The van der Waals surface area contributed by atoms with E-state index in [1.54, 1.807) is 7.11 Å². The standard InChI is InChI=1S/C48H30OS2/c1-27-11-13-28(14-12-27)35-19-30-21-38-31(22-37(30)41-25-47-43(23-39(35)41)33-7-3-5-9-45(33)50-47)20-36(29-15-17-32(49-2)18-16-29)40-24-44-34-8-4-6-10-46(34)51-48(44)26-42(38)40/h3-26H,1-2H3. The highest BCUT2D eigenvalue weighted by molar-refractivity contribution is 7.26. The molecule has 0 bridgehead atoms. The molecule has 1 nitrogen and oxygen atoms in total. The number of aryl methyl sites for hydroxylation is 1. The molecule has 0 atom stereocenters. The first-order valence-corrected chi connectivity index (χ1v) is 19.0. The summed E-state index contributed by atoms with van der Waals surface area (Å²) in [6, 6.07) is 54.7. The minimum atomic E-state index is 0.865. The molecule has 9 aromatic carbocycles. The summed E-state index contributed by atoms with van der Waals surface area (Å²) in [5.74, 6) is 0.865. The third kappa shape index (κ3) is 4.39. The van der Waals surface area contributed by atoms with Crippen LogP contribution in [0.4, 0.5) is 0 Å². The second-order valence-corrected chi connectivity index (χ2v) is 15.9. The molecule has 3 heteroatoms. The largest absolute Gasteiger partial charge is 0.497 e. The second kappa shape index (κ2) is 10.9. The second-order valence-electron chi connectivity index (χ2n) is 13.7. The highest BCUT2D eigenvalue weighted by Gasteiger charge is 2.17. The van der Waals surface area contributed by atoms with Gasteiger partial charge in [0.1, 0.15) is 5.75 Å². The zero-order valence-electron chi connectivity index (χ0n) is 28.1. The molecule has 0 radical (unpaired) electrons. The van der Waals surface area contributed by atoms with Gasteiger partial charge in [0.05, 0.1) is 7.11 Å². The molecule has 0 spiro atoms. The molecule has 11 rings (SSSR count). The first-order chi connectivity index (χ1) is 25.1. The van der Waals surface area contributed by atoms with Gasteiger partial charge >= 0.3 is 0 Å². The Morgan fingerprint density at radius 3 is 1.33 bits per heavy atom. The average Bonchev–Trinajstić information content (AvgIpc) is 3.73. The summed E-state index contributed by atoms with van der Waals surface area (Å²) in [7, 11) is 1.73. The fourth-order valence-electron chi connectivity index (χ4n) is 8.22. The van der Waals surface area contributed by atoms with Crippen molar-refractivity contribution in [2.75, 3.05) is 7.11 Å². The minimum absolute atomic E-state index is 0.865. The van der Waals surface area contributed by atoms with E-state index in [1.807, 2.05) is 22.7 Å². The van der Waals surface area contributed by atoms with Gasteiger partial charge in [0.2, 0.25) is 0 Å². The Morgan fingerprint density at radius 2 is 0.843 bits per heavy atom. The van der Waals surface area contributed by atoms with Gasteiger partial charge in [0, 0.05) is 40.3 Å². The number of thiophene rings is 2. The summed E-state index contributed by atoms with van der Waals surface area (Å²) >= 11 is 3.78. The molecular formula is C48H30OS2. The van der Waals surface area contributed by atoms with Gasteiger partial charge in [-0.1, -0.05) is 78.4 Å². The third-order valence-corrected chi connectivity index (χ3v) is 13.0. The van der Waals surface area contributed by atoms with Crippen molar-refractivity contribution < 1.29 is 4.74 Å². The van der Waals surface area contributed by atoms with Crippen molar-refractivity contribution in [3.05, 3.63) is 151 Å². The van der Waals surface area contributed by atoms with Crippen molar-refractivity contribution in [3.63, 3.8) is 0 Å². The number of fused-ring (bicyclic) bond motifs is 12. The summed E-state index contributed by atoms with van der Waals surface area (Å²) in [6.45, 7) is 2.16. The summed E-state index contributed by atoms with van der Waals surface area (Å²) in [6.07, 6.45) is 0. The van der Waals surface area contributed by atoms with Gasteiger partial charge in [-0.25, -0.2) is 0 Å². The van der Waals surface area contributed by atoms with Crippen molar-refractivity contribution in [3.8, 4) is 28.0 Å². The highest BCUT2D eigenvalue weighted by atomic mass is 32.1. The van der Waals surface area contributed by atoms with E-state index in [-0.39, 0.29) is 0 Å². The molecule has 0 amide bonds. The van der Waals surface area contributed by atoms with Crippen LogP contribution in [0.3, 0.4) is 0 Å². The normalized spacial score (nSPS) is 12.1. The average molecular weight is 687 g/mol. The molecule has 0 fully saturated rings. The zero-order chi connectivity index (χ0) is 33.8. The van der Waals surface area contributed by atoms with Crippen LogP contribution in [0.2, 0.25) is 0 Å². The minimum Gasteiger partial charge on any atom is -0.497 e. The summed E-state index contributed by atoms with van der Waals surface area (Å²) in [5.41, 5.74) is 6.23. The number of benzene rings is 9. The Balaban J connectivity index is 1.29. The van der Waals surface area contributed by atoms with Gasteiger partial charge in [-0.15, -0.1) is 22.7 Å². The SMILES string of the molecule is COc1ccc(-c2cc3cc4c(cc(-c5ccc(C)cc5)c5cc6c(cc54)sc4ccccc46)cc3c3cc4sc5ccccc5c4cc23)cc1. The molecule has 240 valence electrons. The Bertz CT molecular complexity index is 3220. The van der Waals surface area contributed by atoms with Crippen LogP contribution in [0.25, 0.3) is 106 Å². The molecule has 11 aromatic rings. The van der Waals surface area contributed by atoms with Crippen LogP contribution in [0.5, 0.6) is 5.75 Å². The number of ether oxygens (including phenoxy) is 1. The quantitative estimate of drug-likeness (QED) is 0.133. The van der Waals surface area contributed by atoms with Crippen LogP contribution in [0.15, 0.2) is 146 Å². The van der Waals surface area contributed by atoms with Crippen LogP contribution in [0, 0.1) is 6.92 Å². The molecule has 0 aliphatic rings. The maximum absolute atomic E-state index is 5.55. The number of rotatable bonds is 3. The van der Waals surface area contributed by atoms with Gasteiger partial charge in [0.25, 0.3) is 0 Å². The molecule has 0 aliphatic heterocycles. The van der Waals surface area contributed by atoms with Crippen molar-refractivity contribution in [2.45, 2.75) is 6.92 Å². The van der Waals surface area contributed by atoms with E-state index in [9.17, 15) is 0 Å². The Labute approximate surface area is 302 Å². The number of methoxy groups -OCH3 is 1. The predicted octanol–water partition coefficient (Wildman–Crippen LogP) is 14.7. The van der Waals surface area contributed by atoms with Crippen LogP contribution in [-0.4, -0.2) is 7.11 Å². The Hall–Kier alpha value is -5.74. The smallest absolute Gasteiger partial charge is 0.118 e. The molecule has 0 saturated heterocycles. The van der Waals surface area contributed by atoms with E-state index in [1.165, 1.54) is 111 Å². The maximum atomic E-state index is 5.55. The first kappa shape index (κ1) is 29.0. The molecule has 0 N–H and O–H groups in total. The summed E-state index contributed by atoms with van der Waals surface area (Å²) < 4.78 is 10.9. The van der Waals surface area contributed by atoms with Crippen molar-refractivity contribution >= 4 is 106 Å². The van der Waals surface area contributed by atoms with E-state index in [2.05, 4.69) is 153 Å². The van der Waals surface area contributed by atoms with Gasteiger partial charge < -0.3 is 4.74 Å². The molecule has 0 unspecified atom stereocenters. The summed E-state index contributed by atoms with van der Waals surface area (Å²) in [4.78, 5) is 0. The van der Waals surface area contributed by atoms with Gasteiger partial charge in [-0.2, -0.15) is 0 Å². The lowest BCUT2D eigenvalue weighted by Gasteiger charge is -2.16. The fraction of sp³-hybridized carbons (Fsp3) is 0.0417. The monoisotopic (exact) mass is 686 g/mol. The van der Waals surface area contributed by atoms with Gasteiger partial charge in [-0.3, -0.25) is 0 Å². The van der Waals surface area contributed by atoms with E-state index in [4.69, 9.17) is 4.74 Å². The van der Waals surface area contributed by atoms with Crippen molar-refractivity contribution in [2.24, 2.45) is 0 Å². The predicted molar refractivity (Wildman–Crippen MR) is 224 cm³/mol. The number of hydrogen-bond acceptors (Lipinski definition) is 3. The lowest BCUT2D eigenvalue weighted by atomic mass is 9.88. The van der Waals surface area contributed by atoms with Crippen molar-refractivity contribution in [1.82, 2.24) is 0 Å². The molecule has 51 heavy (non-hydrogen) atoms. The van der Waals surface area contributed by atoms with Crippen LogP contribution in [-0.2, 0) is 0 Å². The molecule has 0 aliphatic carbocycles. The van der Waals surface area contributed by atoms with E-state index >= 15 is 0 Å². The van der Waals surface area contributed by atoms with E-state index < -0.39 is 0 Å². The van der Waals surface area contributed by atoms with Gasteiger partial charge in [0.15, 0.2) is 0 Å². The highest BCUT2D eigenvalue weighted by Crippen LogP contribution is 2.46. The van der Waals surface area contributed by atoms with Crippen LogP contribution in [0.1, 0.15) is 5.56 Å². The maximum Gasteiger partial charge on any atom is 0.118 e. The fourth-order valence-corrected chi connectivity index (χ4v) is 10.5. The van der Waals surface area contributed by atoms with Gasteiger partial charge in [-0.05, 0) is 145 Å². The van der Waals surface area contributed by atoms with Crippen molar-refractivity contribution in [1.29, 1.82) is 0 Å². The van der Waals surface area contributed by atoms with E-state index in [0.717, 1.165) is 5.75 Å². The zero-order valence-corrected chi connectivity index (χ0v) is 29.7. The Kier molecular flexibility index (Phi) is 6.19. The Morgan fingerprint density at radius 1 is 0.373 bits per heavy atom. The third-order valence-electron chi connectivity index (χ3n) is 10.8. The van der Waals surface area contributed by atoms with E-state index in [0.29, 0.717) is 0 Å². The van der Waals surface area contributed by atoms with Crippen LogP contribution >= 0.6 is 22.7 Å². The lowest BCUT2D eigenvalue weighted by molar-refractivity contribution is 0.415. The number of hydrogen-bond donors (Lipinski definition) is 0. The molecule has 2 heterocycles. The topological polar surface area (TPSA) is 9.23 Å². The lowest BCUT2D eigenvalue weighted by Crippen LogP contribution is -1.89. The first-order valence-electron chi connectivity index (χ1n) is 17.3. The molecule has 2 aromatic heterocycles. The molecule has 0 saturated carbocycles. The van der Waals surface area contributed by atoms with Crippen LogP contribution < -0.4 is 4.74 Å². The molecular weight excluding hydrogens is 657 g/mol. The summed E-state index contributed by atoms with van der Waals surface area (Å²) in [5, 5.41) is 15.5.